The highest BCUT2D eigenvalue weighted by Crippen LogP contribution is 2.33. The maximum absolute atomic E-state index is 13.9. The molecule has 10 nitrogen and oxygen atoms in total. The molecule has 0 aliphatic carbocycles. The molecule has 3 aliphatic heterocycles. The number of nitrogens with one attached hydrogen (secondary N) is 1. The van der Waals surface area contributed by atoms with Gasteiger partial charge in [-0.25, -0.2) is 9.48 Å². The molecule has 1 atom stereocenters. The lowest BCUT2D eigenvalue weighted by atomic mass is 9.79. The predicted molar refractivity (Wildman–Crippen MR) is 166 cm³/mol. The molecule has 0 bridgehead atoms. The standard InChI is InChI=1S/C34H43N5O5/c40-30-8-6-24(7-9-30)22-28(33(42)38-16-10-25(11-17-38)26-14-20-44-21-15-26)23-31(41)37-18-12-29(13-19-37)39-34(43)35-32(36-39)27-4-2-1-3-5-27/h1-9,25-26,28-29,40H,10-23H2,(H,35,36,43)/t28-/m0/s1. The first-order chi connectivity index (χ1) is 21.4. The van der Waals surface area contributed by atoms with Crippen LogP contribution >= 0.6 is 0 Å². The van der Waals surface area contributed by atoms with E-state index in [0.717, 1.165) is 63.1 Å². The van der Waals surface area contributed by atoms with Gasteiger partial charge in [0, 0.05) is 51.4 Å². The van der Waals surface area contributed by atoms with Crippen molar-refractivity contribution in [2.45, 2.75) is 57.4 Å². The van der Waals surface area contributed by atoms with E-state index in [4.69, 9.17) is 4.74 Å². The van der Waals surface area contributed by atoms with E-state index in [1.54, 1.807) is 12.1 Å². The van der Waals surface area contributed by atoms with Gasteiger partial charge in [0.2, 0.25) is 11.8 Å². The van der Waals surface area contributed by atoms with E-state index in [1.807, 2.05) is 52.3 Å². The molecule has 2 amide bonds. The number of phenolic OH excluding ortho intramolecular Hbond substituents is 1. The average molecular weight is 602 g/mol. The van der Waals surface area contributed by atoms with Gasteiger partial charge in [-0.2, -0.15) is 0 Å². The number of hydrogen-bond acceptors (Lipinski definition) is 6. The molecule has 6 rings (SSSR count). The minimum absolute atomic E-state index is 0.0305. The van der Waals surface area contributed by atoms with Crippen molar-refractivity contribution in [2.24, 2.45) is 17.8 Å². The van der Waals surface area contributed by atoms with Crippen LogP contribution in [0.3, 0.4) is 0 Å². The van der Waals surface area contributed by atoms with Crippen molar-refractivity contribution < 1.29 is 19.4 Å². The monoisotopic (exact) mass is 601 g/mol. The Morgan fingerprint density at radius 2 is 1.50 bits per heavy atom. The second kappa shape index (κ2) is 13.8. The Labute approximate surface area is 258 Å². The zero-order chi connectivity index (χ0) is 30.5. The van der Waals surface area contributed by atoms with Crippen molar-refractivity contribution in [2.75, 3.05) is 39.4 Å². The number of rotatable bonds is 8. The Kier molecular flexibility index (Phi) is 9.45. The topological polar surface area (TPSA) is 121 Å². The summed E-state index contributed by atoms with van der Waals surface area (Å²) in [5.41, 5.74) is 1.54. The number of nitrogens with zero attached hydrogens (tertiary/aromatic N) is 4. The van der Waals surface area contributed by atoms with Crippen LogP contribution < -0.4 is 5.69 Å². The quantitative estimate of drug-likeness (QED) is 0.403. The molecule has 2 aromatic carbocycles. The normalized spacial score (nSPS) is 19.6. The summed E-state index contributed by atoms with van der Waals surface area (Å²) >= 11 is 0. The fourth-order valence-electron chi connectivity index (χ4n) is 7.21. The molecular formula is C34H43N5O5. The number of hydrogen-bond donors (Lipinski definition) is 2. The molecule has 1 aromatic heterocycles. The van der Waals surface area contributed by atoms with Gasteiger partial charge < -0.3 is 19.6 Å². The summed E-state index contributed by atoms with van der Waals surface area (Å²) in [5.74, 6) is 1.58. The van der Waals surface area contributed by atoms with Gasteiger partial charge >= 0.3 is 5.69 Å². The van der Waals surface area contributed by atoms with Gasteiger partial charge in [0.1, 0.15) is 5.75 Å². The third-order valence-corrected chi connectivity index (χ3v) is 9.82. The molecule has 0 spiro atoms. The Hall–Kier alpha value is -3.92. The van der Waals surface area contributed by atoms with Crippen LogP contribution in [0, 0.1) is 17.8 Å². The van der Waals surface area contributed by atoms with Gasteiger partial charge in [-0.1, -0.05) is 42.5 Å². The van der Waals surface area contributed by atoms with Crippen LogP contribution in [0.2, 0.25) is 0 Å². The first kappa shape index (κ1) is 30.1. The maximum atomic E-state index is 13.9. The number of carbonyl (C=O) groups excluding carboxylic acids is 2. The minimum Gasteiger partial charge on any atom is -0.508 e. The highest BCUT2D eigenvalue weighted by molar-refractivity contribution is 5.86. The van der Waals surface area contributed by atoms with Crippen LogP contribution in [0.1, 0.15) is 56.6 Å². The molecule has 10 heteroatoms. The Morgan fingerprint density at radius 3 is 2.18 bits per heavy atom. The lowest BCUT2D eigenvalue weighted by molar-refractivity contribution is -0.143. The number of carbonyl (C=O) groups is 2. The van der Waals surface area contributed by atoms with Crippen molar-refractivity contribution in [1.29, 1.82) is 0 Å². The third-order valence-electron chi connectivity index (χ3n) is 9.82. The van der Waals surface area contributed by atoms with Crippen molar-refractivity contribution in [3.63, 3.8) is 0 Å². The van der Waals surface area contributed by atoms with E-state index in [2.05, 4.69) is 10.1 Å². The second-order valence-electron chi connectivity index (χ2n) is 12.6. The number of aromatic nitrogens is 3. The SMILES string of the molecule is O=C(C[C@H](Cc1ccc(O)cc1)C(=O)N1CCC(C2CCOCC2)CC1)N1CCC(n2nc(-c3ccccc3)[nH]c2=O)CC1. The van der Waals surface area contributed by atoms with Crippen LogP contribution in [-0.4, -0.2) is 80.9 Å². The number of amides is 2. The molecule has 0 radical (unpaired) electrons. The number of aromatic amines is 1. The Morgan fingerprint density at radius 1 is 0.864 bits per heavy atom. The van der Waals surface area contributed by atoms with Crippen LogP contribution in [0.25, 0.3) is 11.4 Å². The smallest absolute Gasteiger partial charge is 0.343 e. The van der Waals surface area contributed by atoms with Crippen molar-refractivity contribution in [1.82, 2.24) is 24.6 Å². The lowest BCUT2D eigenvalue weighted by Crippen LogP contribution is -2.46. The number of piperidine rings is 2. The first-order valence-electron chi connectivity index (χ1n) is 16.1. The van der Waals surface area contributed by atoms with Crippen LogP contribution in [0.15, 0.2) is 59.4 Å². The van der Waals surface area contributed by atoms with Gasteiger partial charge in [0.15, 0.2) is 5.82 Å². The number of H-pyrrole nitrogens is 1. The Bertz CT molecular complexity index is 1450. The number of ether oxygens (including phenoxy) is 1. The molecule has 3 fully saturated rings. The van der Waals surface area contributed by atoms with Gasteiger partial charge in [-0.15, -0.1) is 5.10 Å². The Balaban J connectivity index is 1.08. The molecule has 0 unspecified atom stereocenters. The third kappa shape index (κ3) is 7.07. The summed E-state index contributed by atoms with van der Waals surface area (Å²) in [6, 6.07) is 16.4. The molecular weight excluding hydrogens is 558 g/mol. The van der Waals surface area contributed by atoms with Crippen LogP contribution in [0.5, 0.6) is 5.75 Å². The van der Waals surface area contributed by atoms with E-state index >= 15 is 0 Å². The van der Waals surface area contributed by atoms with E-state index in [1.165, 1.54) is 4.68 Å². The number of phenols is 1. The highest BCUT2D eigenvalue weighted by Gasteiger charge is 2.34. The summed E-state index contributed by atoms with van der Waals surface area (Å²) in [7, 11) is 0. The van der Waals surface area contributed by atoms with Gasteiger partial charge in [0.05, 0.1) is 12.0 Å². The van der Waals surface area contributed by atoms with Crippen molar-refractivity contribution in [3.8, 4) is 17.1 Å². The summed E-state index contributed by atoms with van der Waals surface area (Å²) in [6.45, 7) is 4.17. The first-order valence-corrected chi connectivity index (χ1v) is 16.1. The zero-order valence-corrected chi connectivity index (χ0v) is 25.3. The van der Waals surface area contributed by atoms with Crippen molar-refractivity contribution >= 4 is 11.8 Å². The fourth-order valence-corrected chi connectivity index (χ4v) is 7.21. The molecule has 3 aromatic rings. The zero-order valence-electron chi connectivity index (χ0n) is 25.3. The molecule has 44 heavy (non-hydrogen) atoms. The lowest BCUT2D eigenvalue weighted by Gasteiger charge is -2.39. The largest absolute Gasteiger partial charge is 0.508 e. The molecule has 3 saturated heterocycles. The summed E-state index contributed by atoms with van der Waals surface area (Å²) in [5, 5.41) is 14.3. The van der Waals surface area contributed by atoms with Gasteiger partial charge in [-0.3, -0.25) is 14.6 Å². The summed E-state index contributed by atoms with van der Waals surface area (Å²) in [4.78, 5) is 46.9. The second-order valence-corrected chi connectivity index (χ2v) is 12.6. The van der Waals surface area contributed by atoms with Crippen LogP contribution in [-0.2, 0) is 20.7 Å². The molecule has 3 aliphatic rings. The summed E-state index contributed by atoms with van der Waals surface area (Å²) in [6.07, 6.45) is 6.07. The van der Waals surface area contributed by atoms with Gasteiger partial charge in [0.25, 0.3) is 0 Å². The van der Waals surface area contributed by atoms with E-state index in [0.29, 0.717) is 50.0 Å². The fraction of sp³-hybridized carbons (Fsp3) is 0.529. The number of likely N-dealkylation sites (tertiary alicyclic amines) is 2. The molecule has 0 saturated carbocycles. The van der Waals surface area contributed by atoms with Crippen molar-refractivity contribution in [3.05, 3.63) is 70.6 Å². The molecule has 234 valence electrons. The van der Waals surface area contributed by atoms with E-state index in [9.17, 15) is 19.5 Å². The predicted octanol–water partition coefficient (Wildman–Crippen LogP) is 4.02. The molecule has 4 heterocycles. The number of aromatic hydroxyl groups is 1. The molecule has 2 N–H and O–H groups in total. The summed E-state index contributed by atoms with van der Waals surface area (Å²) < 4.78 is 7.07. The number of benzene rings is 2. The van der Waals surface area contributed by atoms with E-state index in [-0.39, 0.29) is 35.7 Å². The minimum atomic E-state index is -0.466. The van der Waals surface area contributed by atoms with E-state index < -0.39 is 5.92 Å². The van der Waals surface area contributed by atoms with Gasteiger partial charge in [-0.05, 0) is 74.5 Å². The maximum Gasteiger partial charge on any atom is 0.343 e. The van der Waals surface area contributed by atoms with Crippen LogP contribution in [0.4, 0.5) is 0 Å². The average Bonchev–Trinajstić information content (AvgIpc) is 3.47. The highest BCUT2D eigenvalue weighted by atomic mass is 16.5.